The van der Waals surface area contributed by atoms with Gasteiger partial charge in [-0.15, -0.1) is 10.2 Å². The third-order valence-electron chi connectivity index (χ3n) is 6.25. The molecule has 39 heavy (non-hydrogen) atoms. The number of hydrogen-bond acceptors (Lipinski definition) is 7. The van der Waals surface area contributed by atoms with Crippen LogP contribution < -0.4 is 9.47 Å². The smallest absolute Gasteiger partial charge is 0.220 e. The zero-order chi connectivity index (χ0) is 27.4. The summed E-state index contributed by atoms with van der Waals surface area (Å²) in [6, 6.07) is 27.6. The first-order valence-electron chi connectivity index (χ1n) is 12.2. The van der Waals surface area contributed by atoms with Crippen molar-refractivity contribution in [3.63, 3.8) is 0 Å². The third kappa shape index (κ3) is 5.91. The van der Waals surface area contributed by atoms with E-state index in [0.717, 1.165) is 22.0 Å². The summed E-state index contributed by atoms with van der Waals surface area (Å²) in [5, 5.41) is 22.5. The van der Waals surface area contributed by atoms with E-state index >= 15 is 0 Å². The quantitative estimate of drug-likeness (QED) is 0.0945. The first kappa shape index (κ1) is 26.7. The number of aryl methyl sites for hydroxylation is 1. The minimum atomic E-state index is -0.552. The van der Waals surface area contributed by atoms with Gasteiger partial charge in [0.25, 0.3) is 0 Å². The fraction of sp³-hybridized carbons (Fsp3) is 0.172. The molecule has 0 amide bonds. The normalized spacial score (nSPS) is 11.9. The second-order valence-corrected chi connectivity index (χ2v) is 10.8. The van der Waals surface area contributed by atoms with Crippen molar-refractivity contribution in [2.45, 2.75) is 23.9 Å². The summed E-state index contributed by atoms with van der Waals surface area (Å²) in [5.41, 5.74) is 2.64. The number of methoxy groups -OCH3 is 1. The van der Waals surface area contributed by atoms with Crippen LogP contribution in [0.15, 0.2) is 94.6 Å². The number of thioether (sulfide) groups is 1. The number of rotatable bonds is 10. The van der Waals surface area contributed by atoms with Gasteiger partial charge in [-0.1, -0.05) is 72.4 Å². The Hall–Kier alpha value is -3.89. The zero-order valence-electron chi connectivity index (χ0n) is 21.3. The van der Waals surface area contributed by atoms with E-state index in [1.165, 1.54) is 11.8 Å². The first-order chi connectivity index (χ1) is 18.9. The van der Waals surface area contributed by atoms with Gasteiger partial charge in [-0.2, -0.15) is 0 Å². The molecule has 0 saturated carbocycles. The molecule has 0 saturated heterocycles. The number of ether oxygens (including phenoxy) is 2. The Morgan fingerprint density at radius 1 is 1.03 bits per heavy atom. The SMILES string of the molecule is COc1cc([C@@H](C[N+](=O)[O-])Sc2nnc(C)n2-c2ccccc2)cc(Br)c1OCc1cccc2ccccc12. The minimum Gasteiger partial charge on any atom is -0.493 e. The molecule has 1 atom stereocenters. The van der Waals surface area contributed by atoms with Crippen LogP contribution in [-0.2, 0) is 6.61 Å². The molecular formula is C29H25BrN4O4S. The van der Waals surface area contributed by atoms with Gasteiger partial charge in [-0.25, -0.2) is 0 Å². The Morgan fingerprint density at radius 2 is 1.77 bits per heavy atom. The number of nitro groups is 1. The average molecular weight is 606 g/mol. The molecule has 4 aromatic carbocycles. The molecule has 0 radical (unpaired) electrons. The summed E-state index contributed by atoms with van der Waals surface area (Å²) in [5.74, 6) is 1.70. The van der Waals surface area contributed by atoms with Crippen molar-refractivity contribution in [2.75, 3.05) is 13.7 Å². The maximum atomic E-state index is 11.7. The third-order valence-corrected chi connectivity index (χ3v) is 8.02. The van der Waals surface area contributed by atoms with Crippen LogP contribution in [0.2, 0.25) is 0 Å². The van der Waals surface area contributed by atoms with Crippen LogP contribution >= 0.6 is 27.7 Å². The molecule has 1 aromatic heterocycles. The van der Waals surface area contributed by atoms with Crippen molar-refractivity contribution in [2.24, 2.45) is 0 Å². The molecule has 0 bridgehead atoms. The molecule has 0 unspecified atom stereocenters. The summed E-state index contributed by atoms with van der Waals surface area (Å²) in [4.78, 5) is 11.4. The number of aromatic nitrogens is 3. The van der Waals surface area contributed by atoms with Crippen LogP contribution in [0.3, 0.4) is 0 Å². The van der Waals surface area contributed by atoms with Crippen molar-refractivity contribution in [3.8, 4) is 17.2 Å². The zero-order valence-corrected chi connectivity index (χ0v) is 23.7. The van der Waals surface area contributed by atoms with Gasteiger partial charge in [0.05, 0.1) is 11.6 Å². The molecule has 8 nitrogen and oxygen atoms in total. The number of hydrogen-bond donors (Lipinski definition) is 0. The van der Waals surface area contributed by atoms with Gasteiger partial charge in [-0.05, 0) is 69.0 Å². The molecule has 0 aliphatic rings. The molecule has 0 fully saturated rings. The molecule has 198 valence electrons. The van der Waals surface area contributed by atoms with Crippen molar-refractivity contribution in [3.05, 3.63) is 116 Å². The highest BCUT2D eigenvalue weighted by molar-refractivity contribution is 9.10. The number of fused-ring (bicyclic) bond motifs is 1. The lowest BCUT2D eigenvalue weighted by Gasteiger charge is -2.18. The van der Waals surface area contributed by atoms with Gasteiger partial charge in [0.2, 0.25) is 6.54 Å². The highest BCUT2D eigenvalue weighted by Crippen LogP contribution is 2.43. The Balaban J connectivity index is 1.45. The Bertz CT molecular complexity index is 1620. The maximum absolute atomic E-state index is 11.7. The van der Waals surface area contributed by atoms with Crippen LogP contribution in [-0.4, -0.2) is 33.3 Å². The van der Waals surface area contributed by atoms with Crippen LogP contribution in [0, 0.1) is 17.0 Å². The van der Waals surface area contributed by atoms with E-state index < -0.39 is 5.25 Å². The fourth-order valence-electron chi connectivity index (χ4n) is 4.40. The second-order valence-electron chi connectivity index (χ2n) is 8.78. The van der Waals surface area contributed by atoms with Gasteiger partial charge in [-0.3, -0.25) is 14.7 Å². The molecular weight excluding hydrogens is 580 g/mol. The minimum absolute atomic E-state index is 0.308. The van der Waals surface area contributed by atoms with E-state index in [4.69, 9.17) is 9.47 Å². The summed E-state index contributed by atoms with van der Waals surface area (Å²) >= 11 is 4.91. The molecule has 0 spiro atoms. The van der Waals surface area contributed by atoms with Crippen molar-refractivity contribution in [1.82, 2.24) is 14.8 Å². The maximum Gasteiger partial charge on any atom is 0.220 e. The van der Waals surface area contributed by atoms with Crippen molar-refractivity contribution >= 4 is 38.5 Å². The van der Waals surface area contributed by atoms with Crippen LogP contribution in [0.1, 0.15) is 22.2 Å². The van der Waals surface area contributed by atoms with Crippen molar-refractivity contribution in [1.29, 1.82) is 0 Å². The van der Waals surface area contributed by atoms with Gasteiger partial charge >= 0.3 is 0 Å². The number of nitrogens with zero attached hydrogens (tertiary/aromatic N) is 4. The first-order valence-corrected chi connectivity index (χ1v) is 13.8. The van der Waals surface area contributed by atoms with Gasteiger partial charge in [0.1, 0.15) is 17.7 Å². The van der Waals surface area contributed by atoms with E-state index in [9.17, 15) is 10.1 Å². The van der Waals surface area contributed by atoms with Gasteiger partial charge in [0.15, 0.2) is 16.7 Å². The number of halogens is 1. The van der Waals surface area contributed by atoms with Crippen molar-refractivity contribution < 1.29 is 14.4 Å². The summed E-state index contributed by atoms with van der Waals surface area (Å²) in [6.45, 7) is 1.88. The predicted octanol–water partition coefficient (Wildman–Crippen LogP) is 7.19. The Morgan fingerprint density at radius 3 is 2.54 bits per heavy atom. The predicted molar refractivity (Wildman–Crippen MR) is 156 cm³/mol. The van der Waals surface area contributed by atoms with E-state index in [-0.39, 0.29) is 11.5 Å². The summed E-state index contributed by atoms with van der Waals surface area (Å²) < 4.78 is 14.4. The van der Waals surface area contributed by atoms with Crippen LogP contribution in [0.5, 0.6) is 11.5 Å². The topological polar surface area (TPSA) is 92.3 Å². The molecule has 5 rings (SSSR count). The molecule has 0 aliphatic heterocycles. The summed E-state index contributed by atoms with van der Waals surface area (Å²) in [7, 11) is 1.56. The summed E-state index contributed by atoms with van der Waals surface area (Å²) in [6.07, 6.45) is 0. The molecule has 0 aliphatic carbocycles. The molecule has 5 aromatic rings. The average Bonchev–Trinajstić information content (AvgIpc) is 3.31. The van der Waals surface area contributed by atoms with Crippen LogP contribution in [0.4, 0.5) is 0 Å². The van der Waals surface area contributed by atoms with E-state index in [0.29, 0.717) is 39.1 Å². The lowest BCUT2D eigenvalue weighted by Crippen LogP contribution is -2.12. The highest BCUT2D eigenvalue weighted by Gasteiger charge is 2.26. The van der Waals surface area contributed by atoms with Crippen LogP contribution in [0.25, 0.3) is 16.5 Å². The lowest BCUT2D eigenvalue weighted by molar-refractivity contribution is -0.479. The van der Waals surface area contributed by atoms with Gasteiger partial charge < -0.3 is 9.47 Å². The van der Waals surface area contributed by atoms with E-state index in [1.807, 2.05) is 72.2 Å². The Labute approximate surface area is 238 Å². The molecule has 0 N–H and O–H groups in total. The standard InChI is InChI=1S/C29H25BrN4O4S/c1-19-31-32-29(34(19)23-12-4-3-5-13-23)39-27(17-33(35)36)22-15-25(30)28(26(16-22)37-2)38-18-21-11-8-10-20-9-6-7-14-24(20)21/h3-16,27H,17-18H2,1-2H3/t27-/m1/s1. The Kier molecular flexibility index (Phi) is 8.13. The van der Waals surface area contributed by atoms with E-state index in [2.05, 4.69) is 44.3 Å². The lowest BCUT2D eigenvalue weighted by atomic mass is 10.1. The highest BCUT2D eigenvalue weighted by atomic mass is 79.9. The molecule has 1 heterocycles. The van der Waals surface area contributed by atoms with Gasteiger partial charge in [0, 0.05) is 10.6 Å². The molecule has 10 heteroatoms. The second kappa shape index (κ2) is 11.9. The van der Waals surface area contributed by atoms with E-state index in [1.54, 1.807) is 13.2 Å². The monoisotopic (exact) mass is 604 g/mol. The largest absolute Gasteiger partial charge is 0.493 e. The fourth-order valence-corrected chi connectivity index (χ4v) is 6.13. The number of para-hydroxylation sites is 1. The number of benzene rings is 4.